The molecule has 2 aromatic rings. The van der Waals surface area contributed by atoms with Crippen molar-refractivity contribution >= 4 is 28.3 Å². The summed E-state index contributed by atoms with van der Waals surface area (Å²) >= 11 is 1.20. The van der Waals surface area contributed by atoms with E-state index in [1.807, 2.05) is 20.8 Å². The molecule has 0 aliphatic rings. The van der Waals surface area contributed by atoms with Crippen molar-refractivity contribution in [1.82, 2.24) is 15.5 Å². The average Bonchev–Trinajstić information content (AvgIpc) is 3.08. The van der Waals surface area contributed by atoms with Crippen molar-refractivity contribution in [3.63, 3.8) is 0 Å². The molecule has 1 heterocycles. The van der Waals surface area contributed by atoms with Crippen LogP contribution < -0.4 is 10.6 Å². The van der Waals surface area contributed by atoms with E-state index in [0.29, 0.717) is 16.6 Å². The highest BCUT2D eigenvalue weighted by Gasteiger charge is 2.26. The lowest BCUT2D eigenvalue weighted by Crippen LogP contribution is -2.47. The maximum Gasteiger partial charge on any atom is 0.249 e. The molecule has 1 aromatic heterocycles. The number of hydrogen-bond acceptors (Lipinski definition) is 5. The van der Waals surface area contributed by atoms with Gasteiger partial charge in [0.15, 0.2) is 0 Å². The van der Waals surface area contributed by atoms with Gasteiger partial charge in [-0.2, -0.15) is 0 Å². The highest BCUT2D eigenvalue weighted by Crippen LogP contribution is 2.26. The number of rotatable bonds is 8. The molecule has 2 amide bonds. The maximum absolute atomic E-state index is 13.0. The summed E-state index contributed by atoms with van der Waals surface area (Å²) in [7, 11) is 0. The number of carbonyl (C=O) groups excluding carboxylic acids is 2. The van der Waals surface area contributed by atoms with Crippen LogP contribution in [0, 0.1) is 11.7 Å². The van der Waals surface area contributed by atoms with Gasteiger partial charge >= 0.3 is 0 Å². The number of halogens is 1. The predicted molar refractivity (Wildman–Crippen MR) is 100 cm³/mol. The van der Waals surface area contributed by atoms with Gasteiger partial charge in [0.2, 0.25) is 16.9 Å². The SMILES string of the molecule is CCCC(=O)N[C@H](C(=O)Nc1nnc(-c2ccc(F)cc2)s1)[C@H](C)CC. The smallest absolute Gasteiger partial charge is 0.249 e. The van der Waals surface area contributed by atoms with E-state index in [1.54, 1.807) is 12.1 Å². The van der Waals surface area contributed by atoms with Crippen LogP contribution in [0.25, 0.3) is 10.6 Å². The lowest BCUT2D eigenvalue weighted by Gasteiger charge is -2.22. The average molecular weight is 378 g/mol. The first-order valence-electron chi connectivity index (χ1n) is 8.64. The van der Waals surface area contributed by atoms with Crippen LogP contribution in [-0.4, -0.2) is 28.1 Å². The number of nitrogens with zero attached hydrogens (tertiary/aromatic N) is 2. The highest BCUT2D eigenvalue weighted by molar-refractivity contribution is 7.18. The second-order valence-electron chi connectivity index (χ2n) is 6.09. The number of nitrogens with one attached hydrogen (secondary N) is 2. The van der Waals surface area contributed by atoms with Crippen molar-refractivity contribution < 1.29 is 14.0 Å². The van der Waals surface area contributed by atoms with Gasteiger partial charge in [-0.05, 0) is 36.6 Å². The summed E-state index contributed by atoms with van der Waals surface area (Å²) in [6.07, 6.45) is 1.85. The minimum Gasteiger partial charge on any atom is -0.344 e. The second kappa shape index (κ2) is 9.38. The van der Waals surface area contributed by atoms with Gasteiger partial charge in [0, 0.05) is 12.0 Å². The molecule has 0 saturated carbocycles. The van der Waals surface area contributed by atoms with Crippen molar-refractivity contribution in [2.24, 2.45) is 5.92 Å². The molecule has 2 atom stereocenters. The normalized spacial score (nSPS) is 13.1. The minimum absolute atomic E-state index is 0.0136. The van der Waals surface area contributed by atoms with Gasteiger partial charge in [-0.25, -0.2) is 4.39 Å². The monoisotopic (exact) mass is 378 g/mol. The van der Waals surface area contributed by atoms with Gasteiger partial charge in [-0.1, -0.05) is 38.5 Å². The van der Waals surface area contributed by atoms with Gasteiger partial charge in [0.25, 0.3) is 0 Å². The van der Waals surface area contributed by atoms with Crippen molar-refractivity contribution in [1.29, 1.82) is 0 Å². The first-order valence-corrected chi connectivity index (χ1v) is 9.45. The summed E-state index contributed by atoms with van der Waals surface area (Å²) in [5.41, 5.74) is 0.721. The van der Waals surface area contributed by atoms with Crippen molar-refractivity contribution in [2.45, 2.75) is 46.1 Å². The van der Waals surface area contributed by atoms with Crippen LogP contribution in [0.15, 0.2) is 24.3 Å². The third-order valence-electron chi connectivity index (χ3n) is 4.04. The van der Waals surface area contributed by atoms with E-state index < -0.39 is 6.04 Å². The molecule has 8 heteroatoms. The van der Waals surface area contributed by atoms with E-state index in [1.165, 1.54) is 23.5 Å². The predicted octanol–water partition coefficient (Wildman–Crippen LogP) is 3.61. The molecule has 0 spiro atoms. The molecule has 2 N–H and O–H groups in total. The van der Waals surface area contributed by atoms with Gasteiger partial charge in [0.1, 0.15) is 16.9 Å². The van der Waals surface area contributed by atoms with E-state index in [-0.39, 0.29) is 23.5 Å². The standard InChI is InChI=1S/C18H23FN4O2S/c1-4-6-14(24)20-15(11(3)5-2)16(25)21-18-23-22-17(26-18)12-7-9-13(19)10-8-12/h7-11,15H,4-6H2,1-3H3,(H,20,24)(H,21,23,25)/t11-,15+/m1/s1. The fourth-order valence-corrected chi connectivity index (χ4v) is 3.09. The number of anilines is 1. The van der Waals surface area contributed by atoms with Gasteiger partial charge in [0.05, 0.1) is 0 Å². The number of benzene rings is 1. The Balaban J connectivity index is 2.08. The van der Waals surface area contributed by atoms with Crippen molar-refractivity contribution in [2.75, 3.05) is 5.32 Å². The quantitative estimate of drug-likeness (QED) is 0.735. The van der Waals surface area contributed by atoms with Crippen LogP contribution in [0.2, 0.25) is 0 Å². The lowest BCUT2D eigenvalue weighted by atomic mass is 9.98. The molecule has 6 nitrogen and oxygen atoms in total. The molecular weight excluding hydrogens is 355 g/mol. The first-order chi connectivity index (χ1) is 12.4. The van der Waals surface area contributed by atoms with Gasteiger partial charge in [-0.15, -0.1) is 10.2 Å². The van der Waals surface area contributed by atoms with Gasteiger partial charge < -0.3 is 5.32 Å². The molecule has 0 saturated heterocycles. The summed E-state index contributed by atoms with van der Waals surface area (Å²) in [6.45, 7) is 5.80. The van der Waals surface area contributed by atoms with E-state index in [2.05, 4.69) is 20.8 Å². The second-order valence-corrected chi connectivity index (χ2v) is 7.07. The Morgan fingerprint density at radius 2 is 1.88 bits per heavy atom. The molecule has 0 aliphatic carbocycles. The molecule has 0 fully saturated rings. The Morgan fingerprint density at radius 3 is 2.50 bits per heavy atom. The van der Waals surface area contributed by atoms with E-state index >= 15 is 0 Å². The fourth-order valence-electron chi connectivity index (χ4n) is 2.34. The third kappa shape index (κ3) is 5.32. The van der Waals surface area contributed by atoms with Crippen LogP contribution in [-0.2, 0) is 9.59 Å². The largest absolute Gasteiger partial charge is 0.344 e. The minimum atomic E-state index is -0.628. The number of hydrogen-bond donors (Lipinski definition) is 2. The summed E-state index contributed by atoms with van der Waals surface area (Å²) in [5.74, 6) is -0.797. The Morgan fingerprint density at radius 1 is 1.19 bits per heavy atom. The first kappa shape index (κ1) is 20.0. The number of carbonyl (C=O) groups is 2. The zero-order valence-corrected chi connectivity index (χ0v) is 15.9. The Labute approximate surface area is 156 Å². The Bertz CT molecular complexity index is 748. The van der Waals surface area contributed by atoms with Crippen LogP contribution in [0.5, 0.6) is 0 Å². The summed E-state index contributed by atoms with van der Waals surface area (Å²) in [6, 6.07) is 5.27. The molecule has 0 bridgehead atoms. The molecular formula is C18H23FN4O2S. The Hall–Kier alpha value is -2.35. The summed E-state index contributed by atoms with van der Waals surface area (Å²) in [4.78, 5) is 24.5. The third-order valence-corrected chi connectivity index (χ3v) is 4.92. The van der Waals surface area contributed by atoms with Crippen LogP contribution in [0.3, 0.4) is 0 Å². The number of amides is 2. The topological polar surface area (TPSA) is 84.0 Å². The van der Waals surface area contributed by atoms with Crippen molar-refractivity contribution in [3.05, 3.63) is 30.1 Å². The van der Waals surface area contributed by atoms with Gasteiger partial charge in [-0.3, -0.25) is 14.9 Å². The van der Waals surface area contributed by atoms with Crippen LogP contribution >= 0.6 is 11.3 Å². The summed E-state index contributed by atoms with van der Waals surface area (Å²) in [5, 5.41) is 14.4. The maximum atomic E-state index is 13.0. The van der Waals surface area contributed by atoms with E-state index in [9.17, 15) is 14.0 Å². The molecule has 1 aromatic carbocycles. The van der Waals surface area contributed by atoms with Crippen LogP contribution in [0.4, 0.5) is 9.52 Å². The van der Waals surface area contributed by atoms with E-state index in [0.717, 1.165) is 18.4 Å². The van der Waals surface area contributed by atoms with Crippen LogP contribution in [0.1, 0.15) is 40.0 Å². The molecule has 2 rings (SSSR count). The molecule has 0 unspecified atom stereocenters. The van der Waals surface area contributed by atoms with Crippen molar-refractivity contribution in [3.8, 4) is 10.6 Å². The lowest BCUT2D eigenvalue weighted by molar-refractivity contribution is -0.127. The zero-order valence-electron chi connectivity index (χ0n) is 15.1. The zero-order chi connectivity index (χ0) is 19.1. The van der Waals surface area contributed by atoms with E-state index in [4.69, 9.17) is 0 Å². The molecule has 26 heavy (non-hydrogen) atoms. The highest BCUT2D eigenvalue weighted by atomic mass is 32.1. The Kier molecular flexibility index (Phi) is 7.20. The molecule has 0 aliphatic heterocycles. The molecule has 0 radical (unpaired) electrons. The molecule has 140 valence electrons. The summed E-state index contributed by atoms with van der Waals surface area (Å²) < 4.78 is 13.0. The fraction of sp³-hybridized carbons (Fsp3) is 0.444. The number of aromatic nitrogens is 2.